The first-order chi connectivity index (χ1) is 11.6. The molecule has 1 aliphatic rings. The Bertz CT molecular complexity index is 911. The fourth-order valence-electron chi connectivity index (χ4n) is 3.08. The molecule has 2 N–H and O–H groups in total. The van der Waals surface area contributed by atoms with Crippen molar-refractivity contribution in [2.24, 2.45) is 0 Å². The molecule has 118 valence electrons. The van der Waals surface area contributed by atoms with E-state index in [4.69, 9.17) is 4.74 Å². The number of carbonyl (C=O) groups is 1. The molecule has 0 saturated heterocycles. The van der Waals surface area contributed by atoms with E-state index >= 15 is 0 Å². The average Bonchev–Trinajstić information content (AvgIpc) is 2.92. The van der Waals surface area contributed by atoms with Crippen LogP contribution < -0.4 is 4.74 Å². The maximum Gasteiger partial charge on any atom is 0.323 e. The Morgan fingerprint density at radius 1 is 0.792 bits per heavy atom. The summed E-state index contributed by atoms with van der Waals surface area (Å²) in [6.45, 7) is 0. The molecular weight excluding hydrogens is 304 g/mol. The molecule has 0 aromatic heterocycles. The van der Waals surface area contributed by atoms with Crippen molar-refractivity contribution in [3.05, 3.63) is 77.9 Å². The van der Waals surface area contributed by atoms with Gasteiger partial charge in [-0.1, -0.05) is 36.4 Å². The average molecular weight is 318 g/mol. The van der Waals surface area contributed by atoms with Gasteiger partial charge < -0.3 is 14.9 Å². The maximum absolute atomic E-state index is 12.4. The van der Waals surface area contributed by atoms with Crippen LogP contribution in [0.15, 0.2) is 66.7 Å². The minimum Gasteiger partial charge on any atom is -0.508 e. The summed E-state index contributed by atoms with van der Waals surface area (Å²) in [5, 5.41) is 19.0. The molecule has 4 rings (SSSR count). The summed E-state index contributed by atoms with van der Waals surface area (Å²) in [6.07, 6.45) is 0. The van der Waals surface area contributed by atoms with Gasteiger partial charge in [0, 0.05) is 5.56 Å². The van der Waals surface area contributed by atoms with Crippen LogP contribution in [0.25, 0.3) is 11.1 Å². The Morgan fingerprint density at radius 2 is 1.42 bits per heavy atom. The predicted molar refractivity (Wildman–Crippen MR) is 89.1 cm³/mol. The molecule has 0 saturated carbocycles. The van der Waals surface area contributed by atoms with Crippen molar-refractivity contribution in [2.45, 2.75) is 5.92 Å². The molecular formula is C20H14O4. The molecule has 1 atom stereocenters. The van der Waals surface area contributed by atoms with Crippen LogP contribution in [0.4, 0.5) is 0 Å². The third-order valence-corrected chi connectivity index (χ3v) is 4.21. The molecule has 4 nitrogen and oxygen atoms in total. The normalized spacial score (nSPS) is 15.8. The van der Waals surface area contributed by atoms with Gasteiger partial charge in [0.05, 0.1) is 0 Å². The molecule has 0 bridgehead atoms. The molecule has 0 amide bonds. The number of benzene rings is 3. The third-order valence-electron chi connectivity index (χ3n) is 4.21. The largest absolute Gasteiger partial charge is 0.508 e. The lowest BCUT2D eigenvalue weighted by Gasteiger charge is -2.13. The number of carbonyl (C=O) groups excluding carboxylic acids is 1. The number of fused-ring (bicyclic) bond motifs is 1. The van der Waals surface area contributed by atoms with Crippen molar-refractivity contribution in [2.75, 3.05) is 0 Å². The van der Waals surface area contributed by atoms with Crippen LogP contribution in [-0.2, 0) is 4.79 Å². The summed E-state index contributed by atoms with van der Waals surface area (Å²) in [5.41, 5.74) is 3.35. The SMILES string of the molecule is O=C1Oc2cccc(-c3ccc(O)cc3)c2C1c1ccc(O)cc1. The monoisotopic (exact) mass is 318 g/mol. The Hall–Kier alpha value is -3.27. The van der Waals surface area contributed by atoms with E-state index in [9.17, 15) is 15.0 Å². The van der Waals surface area contributed by atoms with Crippen LogP contribution in [0.5, 0.6) is 17.2 Å². The van der Waals surface area contributed by atoms with Gasteiger partial charge in [0.15, 0.2) is 0 Å². The first-order valence-electron chi connectivity index (χ1n) is 7.56. The van der Waals surface area contributed by atoms with Crippen LogP contribution in [0.3, 0.4) is 0 Å². The topological polar surface area (TPSA) is 66.8 Å². The quantitative estimate of drug-likeness (QED) is 0.557. The van der Waals surface area contributed by atoms with E-state index in [1.54, 1.807) is 42.5 Å². The smallest absolute Gasteiger partial charge is 0.323 e. The van der Waals surface area contributed by atoms with E-state index in [1.165, 1.54) is 0 Å². The zero-order valence-electron chi connectivity index (χ0n) is 12.6. The zero-order valence-corrected chi connectivity index (χ0v) is 12.6. The van der Waals surface area contributed by atoms with E-state index in [-0.39, 0.29) is 17.5 Å². The Balaban J connectivity index is 1.89. The lowest BCUT2D eigenvalue weighted by atomic mass is 9.87. The summed E-state index contributed by atoms with van der Waals surface area (Å²) in [4.78, 5) is 12.4. The lowest BCUT2D eigenvalue weighted by Crippen LogP contribution is -2.11. The molecule has 0 spiro atoms. The Morgan fingerprint density at radius 3 is 2.08 bits per heavy atom. The van der Waals surface area contributed by atoms with Gasteiger partial charge in [0.1, 0.15) is 23.2 Å². The Labute approximate surface area is 138 Å². The molecule has 4 heteroatoms. The number of phenolic OH excluding ortho intramolecular Hbond substituents is 2. The van der Waals surface area contributed by atoms with E-state index in [1.807, 2.05) is 24.3 Å². The van der Waals surface area contributed by atoms with Crippen LogP contribution >= 0.6 is 0 Å². The number of rotatable bonds is 2. The van der Waals surface area contributed by atoms with Gasteiger partial charge in [-0.25, -0.2) is 0 Å². The number of ether oxygens (including phenoxy) is 1. The summed E-state index contributed by atoms with van der Waals surface area (Å²) < 4.78 is 5.44. The molecule has 0 fully saturated rings. The van der Waals surface area contributed by atoms with Gasteiger partial charge >= 0.3 is 5.97 Å². The van der Waals surface area contributed by atoms with Crippen molar-refractivity contribution in [1.29, 1.82) is 0 Å². The van der Waals surface area contributed by atoms with Gasteiger partial charge in [-0.2, -0.15) is 0 Å². The number of esters is 1. The second-order valence-corrected chi connectivity index (χ2v) is 5.71. The maximum atomic E-state index is 12.4. The number of hydrogen-bond donors (Lipinski definition) is 2. The summed E-state index contributed by atoms with van der Waals surface area (Å²) >= 11 is 0. The predicted octanol–water partition coefficient (Wildman–Crippen LogP) is 3.82. The van der Waals surface area contributed by atoms with Crippen molar-refractivity contribution in [3.63, 3.8) is 0 Å². The minimum absolute atomic E-state index is 0.150. The summed E-state index contributed by atoms with van der Waals surface area (Å²) in [6, 6.07) is 19.0. The van der Waals surface area contributed by atoms with Crippen molar-refractivity contribution < 1.29 is 19.7 Å². The third kappa shape index (κ3) is 2.29. The Kier molecular flexibility index (Phi) is 3.24. The van der Waals surface area contributed by atoms with E-state index in [0.29, 0.717) is 5.75 Å². The highest BCUT2D eigenvalue weighted by atomic mass is 16.5. The summed E-state index contributed by atoms with van der Waals surface area (Å²) in [5.74, 6) is 0.0158. The highest BCUT2D eigenvalue weighted by Crippen LogP contribution is 2.45. The highest BCUT2D eigenvalue weighted by molar-refractivity contribution is 5.93. The van der Waals surface area contributed by atoms with Crippen LogP contribution in [0.1, 0.15) is 17.0 Å². The van der Waals surface area contributed by atoms with Crippen LogP contribution in [0, 0.1) is 0 Å². The molecule has 1 heterocycles. The number of aromatic hydroxyl groups is 2. The molecule has 1 unspecified atom stereocenters. The number of phenols is 2. The molecule has 3 aromatic carbocycles. The second-order valence-electron chi connectivity index (χ2n) is 5.71. The van der Waals surface area contributed by atoms with Gasteiger partial charge in [-0.3, -0.25) is 4.79 Å². The molecule has 1 aliphatic heterocycles. The lowest BCUT2D eigenvalue weighted by molar-refractivity contribution is -0.133. The standard InChI is InChI=1S/C20H14O4/c21-14-8-4-12(5-9-14)16-2-1-3-17-19(16)18(20(23)24-17)13-6-10-15(22)11-7-13/h1-11,18,21-22H. The van der Waals surface area contributed by atoms with Crippen molar-refractivity contribution in [3.8, 4) is 28.4 Å². The first kappa shape index (κ1) is 14.3. The van der Waals surface area contributed by atoms with E-state index < -0.39 is 5.92 Å². The number of hydrogen-bond acceptors (Lipinski definition) is 4. The highest BCUT2D eigenvalue weighted by Gasteiger charge is 2.36. The molecule has 0 radical (unpaired) electrons. The molecule has 3 aromatic rings. The van der Waals surface area contributed by atoms with Gasteiger partial charge in [-0.15, -0.1) is 0 Å². The minimum atomic E-state index is -0.536. The molecule has 24 heavy (non-hydrogen) atoms. The van der Waals surface area contributed by atoms with E-state index in [2.05, 4.69) is 0 Å². The van der Waals surface area contributed by atoms with Gasteiger partial charge in [-0.05, 0) is 47.0 Å². The van der Waals surface area contributed by atoms with Crippen LogP contribution in [-0.4, -0.2) is 16.2 Å². The first-order valence-corrected chi connectivity index (χ1v) is 7.56. The van der Waals surface area contributed by atoms with Gasteiger partial charge in [0.2, 0.25) is 0 Å². The van der Waals surface area contributed by atoms with Crippen molar-refractivity contribution in [1.82, 2.24) is 0 Å². The summed E-state index contributed by atoms with van der Waals surface area (Å²) in [7, 11) is 0. The van der Waals surface area contributed by atoms with E-state index in [0.717, 1.165) is 22.3 Å². The molecule has 0 aliphatic carbocycles. The van der Waals surface area contributed by atoms with Gasteiger partial charge in [0.25, 0.3) is 0 Å². The zero-order chi connectivity index (χ0) is 16.7. The fraction of sp³-hybridized carbons (Fsp3) is 0.0500. The van der Waals surface area contributed by atoms with Crippen molar-refractivity contribution >= 4 is 5.97 Å². The van der Waals surface area contributed by atoms with Crippen LogP contribution in [0.2, 0.25) is 0 Å². The fourth-order valence-corrected chi connectivity index (χ4v) is 3.08. The second kappa shape index (κ2) is 5.42.